The smallest absolute Gasteiger partial charge is 0.335 e. The van der Waals surface area contributed by atoms with E-state index in [0.29, 0.717) is 29.4 Å². The number of carbonyl (C=O) groups excluding carboxylic acids is 1. The van der Waals surface area contributed by atoms with Gasteiger partial charge in [-0.05, 0) is 48.9 Å². The molecular formula is C23H21ClN2O3. The van der Waals surface area contributed by atoms with Crippen molar-refractivity contribution in [2.24, 2.45) is 0 Å². The van der Waals surface area contributed by atoms with Crippen molar-refractivity contribution in [2.45, 2.75) is 13.5 Å². The molecule has 0 aliphatic rings. The molecule has 3 rings (SSSR count). The fraction of sp³-hybridized carbons (Fsp3) is 0.130. The number of nitrogens with one attached hydrogen (secondary N) is 1. The maximum absolute atomic E-state index is 12.7. The third-order valence-electron chi connectivity index (χ3n) is 4.52. The van der Waals surface area contributed by atoms with Crippen LogP contribution >= 0.6 is 11.6 Å². The van der Waals surface area contributed by atoms with Crippen molar-refractivity contribution in [3.63, 3.8) is 0 Å². The molecule has 6 heteroatoms. The van der Waals surface area contributed by atoms with Gasteiger partial charge in [0.25, 0.3) is 5.91 Å². The summed E-state index contributed by atoms with van der Waals surface area (Å²) < 4.78 is 0. The topological polar surface area (TPSA) is 69.6 Å². The second-order valence-corrected chi connectivity index (χ2v) is 6.94. The first kappa shape index (κ1) is 20.4. The van der Waals surface area contributed by atoms with E-state index in [4.69, 9.17) is 11.6 Å². The van der Waals surface area contributed by atoms with E-state index in [1.165, 1.54) is 6.07 Å². The number of aromatic carboxylic acids is 1. The summed E-state index contributed by atoms with van der Waals surface area (Å²) in [5.41, 5.74) is 2.80. The highest BCUT2D eigenvalue weighted by atomic mass is 35.5. The molecule has 0 radical (unpaired) electrons. The number of anilines is 2. The summed E-state index contributed by atoms with van der Waals surface area (Å²) in [6.07, 6.45) is 0. The van der Waals surface area contributed by atoms with Crippen LogP contribution in [0.1, 0.15) is 33.2 Å². The lowest BCUT2D eigenvalue weighted by atomic mass is 10.1. The van der Waals surface area contributed by atoms with E-state index in [1.807, 2.05) is 37.3 Å². The molecule has 5 nitrogen and oxygen atoms in total. The lowest BCUT2D eigenvalue weighted by Crippen LogP contribution is -2.24. The number of carboxylic acid groups (broad SMARTS) is 1. The molecule has 2 N–H and O–H groups in total. The predicted octanol–water partition coefficient (Wildman–Crippen LogP) is 5.32. The molecule has 3 aromatic rings. The van der Waals surface area contributed by atoms with Gasteiger partial charge >= 0.3 is 5.97 Å². The van der Waals surface area contributed by atoms with Gasteiger partial charge < -0.3 is 15.3 Å². The average molecular weight is 409 g/mol. The highest BCUT2D eigenvalue weighted by molar-refractivity contribution is 6.31. The molecule has 3 aromatic carbocycles. The highest BCUT2D eigenvalue weighted by Crippen LogP contribution is 2.29. The minimum Gasteiger partial charge on any atom is -0.478 e. The van der Waals surface area contributed by atoms with Gasteiger partial charge in [0.05, 0.1) is 16.9 Å². The summed E-state index contributed by atoms with van der Waals surface area (Å²) in [6, 6.07) is 21.3. The van der Waals surface area contributed by atoms with Crippen LogP contribution in [0, 0.1) is 0 Å². The minimum atomic E-state index is -1.05. The Labute approximate surface area is 174 Å². The van der Waals surface area contributed by atoms with E-state index in [1.54, 1.807) is 36.4 Å². The van der Waals surface area contributed by atoms with Crippen LogP contribution in [-0.4, -0.2) is 23.5 Å². The third-order valence-corrected chi connectivity index (χ3v) is 4.75. The monoisotopic (exact) mass is 408 g/mol. The molecule has 0 bridgehead atoms. The zero-order valence-corrected chi connectivity index (χ0v) is 16.7. The van der Waals surface area contributed by atoms with Gasteiger partial charge in [0.1, 0.15) is 0 Å². The van der Waals surface area contributed by atoms with Crippen molar-refractivity contribution in [2.75, 3.05) is 16.8 Å². The van der Waals surface area contributed by atoms with Crippen molar-refractivity contribution < 1.29 is 14.7 Å². The first-order valence-corrected chi connectivity index (χ1v) is 9.59. The number of halogens is 1. The standard InChI is InChI=1S/C23H21ClN2O3/c1-2-26(15-16-7-4-3-5-8-16)21-12-11-18(23(28)29)14-20(21)25-22(27)17-9-6-10-19(24)13-17/h3-14H,2,15H2,1H3,(H,25,27)(H,28,29). The molecule has 0 saturated heterocycles. The number of rotatable bonds is 7. The number of carbonyl (C=O) groups is 2. The average Bonchev–Trinajstić information content (AvgIpc) is 2.73. The summed E-state index contributed by atoms with van der Waals surface area (Å²) in [5, 5.41) is 12.7. The summed E-state index contributed by atoms with van der Waals surface area (Å²) >= 11 is 5.99. The molecule has 0 saturated carbocycles. The first-order chi connectivity index (χ1) is 14.0. The van der Waals surface area contributed by atoms with E-state index in [-0.39, 0.29) is 11.5 Å². The van der Waals surface area contributed by atoms with Crippen molar-refractivity contribution in [3.05, 3.63) is 94.5 Å². The van der Waals surface area contributed by atoms with Gasteiger partial charge in [0.2, 0.25) is 0 Å². The Morgan fingerprint density at radius 2 is 1.72 bits per heavy atom. The Kier molecular flexibility index (Phi) is 6.52. The molecule has 0 aromatic heterocycles. The molecule has 0 aliphatic carbocycles. The highest BCUT2D eigenvalue weighted by Gasteiger charge is 2.16. The fourth-order valence-corrected chi connectivity index (χ4v) is 3.23. The van der Waals surface area contributed by atoms with Gasteiger partial charge in [-0.1, -0.05) is 48.0 Å². The van der Waals surface area contributed by atoms with Crippen LogP contribution in [0.5, 0.6) is 0 Å². The van der Waals surface area contributed by atoms with Gasteiger partial charge in [-0.3, -0.25) is 4.79 Å². The van der Waals surface area contributed by atoms with Crippen molar-refractivity contribution in [3.8, 4) is 0 Å². The van der Waals surface area contributed by atoms with Crippen molar-refractivity contribution >= 4 is 34.9 Å². The fourth-order valence-electron chi connectivity index (χ4n) is 3.04. The Morgan fingerprint density at radius 3 is 2.38 bits per heavy atom. The second kappa shape index (κ2) is 9.26. The van der Waals surface area contributed by atoms with Crippen LogP contribution in [0.3, 0.4) is 0 Å². The molecule has 1 amide bonds. The Hall–Kier alpha value is -3.31. The minimum absolute atomic E-state index is 0.103. The van der Waals surface area contributed by atoms with Crippen molar-refractivity contribution in [1.82, 2.24) is 0 Å². The maximum Gasteiger partial charge on any atom is 0.335 e. The van der Waals surface area contributed by atoms with E-state index >= 15 is 0 Å². The van der Waals surface area contributed by atoms with Gasteiger partial charge in [-0.25, -0.2) is 4.79 Å². The Balaban J connectivity index is 1.95. The summed E-state index contributed by atoms with van der Waals surface area (Å²) in [7, 11) is 0. The molecule has 0 heterocycles. The van der Waals surface area contributed by atoms with Crippen molar-refractivity contribution in [1.29, 1.82) is 0 Å². The van der Waals surface area contributed by atoms with Gasteiger partial charge in [0, 0.05) is 23.7 Å². The number of carboxylic acids is 1. The molecule has 0 atom stereocenters. The quantitative estimate of drug-likeness (QED) is 0.555. The SMILES string of the molecule is CCN(Cc1ccccc1)c1ccc(C(=O)O)cc1NC(=O)c1cccc(Cl)c1. The molecule has 0 spiro atoms. The summed E-state index contributed by atoms with van der Waals surface area (Å²) in [5.74, 6) is -1.41. The van der Waals surface area contributed by atoms with Crippen LogP contribution in [0.25, 0.3) is 0 Å². The van der Waals surface area contributed by atoms with Crippen LogP contribution < -0.4 is 10.2 Å². The van der Waals surface area contributed by atoms with Crippen LogP contribution in [0.4, 0.5) is 11.4 Å². The molecule has 0 unspecified atom stereocenters. The molecule has 0 fully saturated rings. The van der Waals surface area contributed by atoms with E-state index in [2.05, 4.69) is 10.2 Å². The number of hydrogen-bond acceptors (Lipinski definition) is 3. The lowest BCUT2D eigenvalue weighted by molar-refractivity contribution is 0.0696. The number of hydrogen-bond donors (Lipinski definition) is 2. The van der Waals surface area contributed by atoms with Crippen LogP contribution in [-0.2, 0) is 6.54 Å². The number of nitrogens with zero attached hydrogens (tertiary/aromatic N) is 1. The van der Waals surface area contributed by atoms with Gasteiger partial charge in [-0.15, -0.1) is 0 Å². The summed E-state index contributed by atoms with van der Waals surface area (Å²) in [4.78, 5) is 26.3. The van der Waals surface area contributed by atoms with E-state index in [9.17, 15) is 14.7 Å². The predicted molar refractivity (Wildman–Crippen MR) is 116 cm³/mol. The van der Waals surface area contributed by atoms with Crippen LogP contribution in [0.2, 0.25) is 5.02 Å². The van der Waals surface area contributed by atoms with Gasteiger partial charge in [0.15, 0.2) is 0 Å². The number of amides is 1. The molecular weight excluding hydrogens is 388 g/mol. The lowest BCUT2D eigenvalue weighted by Gasteiger charge is -2.26. The maximum atomic E-state index is 12.7. The largest absolute Gasteiger partial charge is 0.478 e. The Bertz CT molecular complexity index is 1020. The summed E-state index contributed by atoms with van der Waals surface area (Å²) in [6.45, 7) is 3.32. The molecule has 0 aliphatic heterocycles. The zero-order chi connectivity index (χ0) is 20.8. The van der Waals surface area contributed by atoms with Crippen LogP contribution in [0.15, 0.2) is 72.8 Å². The van der Waals surface area contributed by atoms with E-state index < -0.39 is 5.97 Å². The zero-order valence-electron chi connectivity index (χ0n) is 15.9. The van der Waals surface area contributed by atoms with E-state index in [0.717, 1.165) is 11.3 Å². The Morgan fingerprint density at radius 1 is 0.966 bits per heavy atom. The number of benzene rings is 3. The van der Waals surface area contributed by atoms with Gasteiger partial charge in [-0.2, -0.15) is 0 Å². The molecule has 29 heavy (non-hydrogen) atoms. The second-order valence-electron chi connectivity index (χ2n) is 6.50. The third kappa shape index (κ3) is 5.15. The first-order valence-electron chi connectivity index (χ1n) is 9.21. The molecule has 148 valence electrons. The normalized spacial score (nSPS) is 10.4.